The van der Waals surface area contributed by atoms with Gasteiger partial charge in [0.15, 0.2) is 0 Å². The first-order valence-electron chi connectivity index (χ1n) is 13.0. The molecule has 0 amide bonds. The summed E-state index contributed by atoms with van der Waals surface area (Å²) in [7, 11) is 5.90. The number of anilines is 1. The van der Waals surface area contributed by atoms with Crippen LogP contribution in [0.4, 0.5) is 5.82 Å². The zero-order valence-electron chi connectivity index (χ0n) is 23.1. The molecule has 0 aliphatic carbocycles. The Morgan fingerprint density at radius 1 is 0.951 bits per heavy atom. The molecule has 0 saturated carbocycles. The van der Waals surface area contributed by atoms with E-state index in [-0.39, 0.29) is 6.61 Å². The zero-order valence-corrected chi connectivity index (χ0v) is 25.5. The van der Waals surface area contributed by atoms with Gasteiger partial charge in [-0.05, 0) is 45.1 Å². The second-order valence-electron chi connectivity index (χ2n) is 9.62. The molecule has 4 aromatic rings. The summed E-state index contributed by atoms with van der Waals surface area (Å²) in [6.07, 6.45) is 2.96. The fourth-order valence-corrected chi connectivity index (χ4v) is 6.04. The lowest BCUT2D eigenvalue weighted by molar-refractivity contribution is 0.288. The molecule has 210 valence electrons. The van der Waals surface area contributed by atoms with Crippen molar-refractivity contribution in [2.45, 2.75) is 23.6 Å². The van der Waals surface area contributed by atoms with Crippen molar-refractivity contribution in [1.82, 2.24) is 19.9 Å². The van der Waals surface area contributed by atoms with E-state index in [4.69, 9.17) is 26.7 Å². The second kappa shape index (κ2) is 14.4. The Balaban J connectivity index is 1.73. The van der Waals surface area contributed by atoms with Crippen LogP contribution in [0.1, 0.15) is 28.9 Å². The molecule has 3 heterocycles. The summed E-state index contributed by atoms with van der Waals surface area (Å²) in [5.41, 5.74) is 4.60. The number of nitrogens with zero attached hydrogens (tertiary/aromatic N) is 7. The number of halogens is 1. The van der Waals surface area contributed by atoms with Gasteiger partial charge in [-0.3, -0.25) is 4.98 Å². The molecule has 0 saturated heterocycles. The third-order valence-corrected chi connectivity index (χ3v) is 8.52. The summed E-state index contributed by atoms with van der Waals surface area (Å²) in [5.74, 6) is 1.03. The van der Waals surface area contributed by atoms with E-state index < -0.39 is 0 Å². The van der Waals surface area contributed by atoms with Crippen molar-refractivity contribution in [2.24, 2.45) is 0 Å². The fourth-order valence-electron chi connectivity index (χ4n) is 4.11. The number of benzene rings is 1. The van der Waals surface area contributed by atoms with E-state index in [0.717, 1.165) is 28.5 Å². The van der Waals surface area contributed by atoms with Gasteiger partial charge in [0, 0.05) is 71.5 Å². The minimum absolute atomic E-state index is 0.0916. The van der Waals surface area contributed by atoms with Crippen LogP contribution in [-0.4, -0.2) is 65.8 Å². The highest BCUT2D eigenvalue weighted by molar-refractivity contribution is 7.98. The van der Waals surface area contributed by atoms with E-state index >= 15 is 0 Å². The highest BCUT2D eigenvalue weighted by Gasteiger charge is 2.24. The molecule has 0 bridgehead atoms. The predicted octanol–water partition coefficient (Wildman–Crippen LogP) is 5.88. The number of hydrogen-bond acceptors (Lipinski definition) is 10. The average molecular weight is 604 g/mol. The van der Waals surface area contributed by atoms with Crippen LogP contribution >= 0.6 is 34.7 Å². The molecule has 0 aliphatic rings. The minimum Gasteiger partial charge on any atom is -0.396 e. The molecule has 0 unspecified atom stereocenters. The Labute approximate surface area is 253 Å². The number of hydrogen-bond donors (Lipinski definition) is 1. The van der Waals surface area contributed by atoms with Crippen LogP contribution in [-0.2, 0) is 12.2 Å². The van der Waals surface area contributed by atoms with Crippen LogP contribution in [0, 0.1) is 22.7 Å². The van der Waals surface area contributed by atoms with Crippen LogP contribution in [0.15, 0.2) is 53.0 Å². The topological polar surface area (TPSA) is 113 Å². The molecule has 0 aliphatic heterocycles. The standard InChI is InChI=1S/C30H30ClN7OS2/c1-37(2)12-13-38(3)28-25(15-32)27(21-8-11-23(34-17-21)5-4-14-39)26(16-33)30(36-28)41-19-24-18-40-29(35-24)20-6-9-22(31)10-7-20/h6-11,17-18,39H,4-5,12-14,19H2,1-3H3. The average Bonchev–Trinajstić information content (AvgIpc) is 3.46. The number of thioether (sulfide) groups is 1. The molecule has 41 heavy (non-hydrogen) atoms. The first-order valence-corrected chi connectivity index (χ1v) is 15.2. The molecular formula is C30H30ClN7OS2. The maximum absolute atomic E-state index is 10.3. The van der Waals surface area contributed by atoms with Crippen molar-refractivity contribution >= 4 is 40.5 Å². The maximum atomic E-state index is 10.3. The van der Waals surface area contributed by atoms with Crippen molar-refractivity contribution in [3.63, 3.8) is 0 Å². The lowest BCUT2D eigenvalue weighted by Crippen LogP contribution is -2.30. The van der Waals surface area contributed by atoms with Gasteiger partial charge in [-0.25, -0.2) is 9.97 Å². The van der Waals surface area contributed by atoms with Crippen molar-refractivity contribution in [2.75, 3.05) is 45.7 Å². The molecule has 0 fully saturated rings. The number of thiazole rings is 1. The van der Waals surface area contributed by atoms with E-state index in [1.54, 1.807) is 17.5 Å². The number of aliphatic hydroxyl groups is 1. The van der Waals surface area contributed by atoms with Gasteiger partial charge in [0.2, 0.25) is 0 Å². The molecule has 0 spiro atoms. The Hall–Kier alpha value is -3.51. The SMILES string of the molecule is CN(C)CCN(C)c1nc(SCc2csc(-c3ccc(Cl)cc3)n2)c(C#N)c(-c2ccc(CCCO)nc2)c1C#N. The highest BCUT2D eigenvalue weighted by Crippen LogP contribution is 2.38. The molecule has 11 heteroatoms. The lowest BCUT2D eigenvalue weighted by Gasteiger charge is -2.24. The largest absolute Gasteiger partial charge is 0.396 e. The van der Waals surface area contributed by atoms with Gasteiger partial charge >= 0.3 is 0 Å². The van der Waals surface area contributed by atoms with Gasteiger partial charge in [0.05, 0.1) is 11.3 Å². The first-order chi connectivity index (χ1) is 19.8. The summed E-state index contributed by atoms with van der Waals surface area (Å²) in [4.78, 5) is 18.2. The van der Waals surface area contributed by atoms with E-state index in [1.807, 2.05) is 67.8 Å². The highest BCUT2D eigenvalue weighted by atomic mass is 35.5. The van der Waals surface area contributed by atoms with Crippen molar-refractivity contribution in [1.29, 1.82) is 10.5 Å². The summed E-state index contributed by atoms with van der Waals surface area (Å²) >= 11 is 9.01. The number of nitriles is 2. The summed E-state index contributed by atoms with van der Waals surface area (Å²) < 4.78 is 0. The third-order valence-electron chi connectivity index (χ3n) is 6.32. The molecule has 4 rings (SSSR count). The Bertz CT molecular complexity index is 1560. The van der Waals surface area contributed by atoms with E-state index in [1.165, 1.54) is 11.8 Å². The van der Waals surface area contributed by atoms with E-state index in [0.29, 0.717) is 63.3 Å². The summed E-state index contributed by atoms with van der Waals surface area (Å²) in [6, 6.07) is 16.0. The first kappa shape index (κ1) is 30.4. The van der Waals surface area contributed by atoms with Crippen LogP contribution in [0.25, 0.3) is 21.7 Å². The quantitative estimate of drug-likeness (QED) is 0.198. The molecule has 1 aromatic carbocycles. The number of aliphatic hydroxyl groups excluding tert-OH is 1. The fraction of sp³-hybridized carbons (Fsp3) is 0.300. The van der Waals surface area contributed by atoms with Gasteiger partial charge in [-0.15, -0.1) is 11.3 Å². The van der Waals surface area contributed by atoms with Crippen molar-refractivity contribution < 1.29 is 5.11 Å². The Morgan fingerprint density at radius 2 is 1.68 bits per heavy atom. The Kier molecular flexibility index (Phi) is 10.7. The van der Waals surface area contributed by atoms with Gasteiger partial charge < -0.3 is 14.9 Å². The normalized spacial score (nSPS) is 10.9. The van der Waals surface area contributed by atoms with Gasteiger partial charge in [0.1, 0.15) is 33.6 Å². The number of aromatic nitrogens is 3. The predicted molar refractivity (Wildman–Crippen MR) is 166 cm³/mol. The monoisotopic (exact) mass is 603 g/mol. The minimum atomic E-state index is 0.0916. The number of pyridine rings is 2. The smallest absolute Gasteiger partial charge is 0.148 e. The van der Waals surface area contributed by atoms with Crippen molar-refractivity contribution in [3.05, 3.63) is 75.5 Å². The van der Waals surface area contributed by atoms with Crippen LogP contribution < -0.4 is 4.90 Å². The van der Waals surface area contributed by atoms with Crippen LogP contribution in [0.2, 0.25) is 5.02 Å². The van der Waals surface area contributed by atoms with E-state index in [9.17, 15) is 10.5 Å². The van der Waals surface area contributed by atoms with Crippen LogP contribution in [0.3, 0.4) is 0 Å². The summed E-state index contributed by atoms with van der Waals surface area (Å²) in [5, 5.41) is 33.9. The number of rotatable bonds is 12. The molecule has 1 N–H and O–H groups in total. The second-order valence-corrected chi connectivity index (χ2v) is 11.9. The maximum Gasteiger partial charge on any atom is 0.148 e. The molecule has 0 atom stereocenters. The lowest BCUT2D eigenvalue weighted by atomic mass is 9.97. The zero-order chi connectivity index (χ0) is 29.4. The molecular weight excluding hydrogens is 574 g/mol. The van der Waals surface area contributed by atoms with E-state index in [2.05, 4.69) is 22.0 Å². The van der Waals surface area contributed by atoms with Gasteiger partial charge in [-0.2, -0.15) is 10.5 Å². The summed E-state index contributed by atoms with van der Waals surface area (Å²) in [6.45, 7) is 1.52. The van der Waals surface area contributed by atoms with Crippen LogP contribution in [0.5, 0.6) is 0 Å². The van der Waals surface area contributed by atoms with Gasteiger partial charge in [0.25, 0.3) is 0 Å². The Morgan fingerprint density at radius 3 is 2.32 bits per heavy atom. The number of likely N-dealkylation sites (N-methyl/N-ethyl adjacent to an activating group) is 2. The molecule has 3 aromatic heterocycles. The van der Waals surface area contributed by atoms with Gasteiger partial charge in [-0.1, -0.05) is 41.6 Å². The molecule has 8 nitrogen and oxygen atoms in total. The third kappa shape index (κ3) is 7.62. The number of aryl methyl sites for hydroxylation is 1. The van der Waals surface area contributed by atoms with Crippen molar-refractivity contribution in [3.8, 4) is 33.8 Å². The molecule has 0 radical (unpaired) electrons.